The summed E-state index contributed by atoms with van der Waals surface area (Å²) in [6, 6.07) is 19.2. The number of anilines is 2. The molecule has 3 aliphatic heterocycles. The summed E-state index contributed by atoms with van der Waals surface area (Å²) in [6.07, 6.45) is -3.06. The quantitative estimate of drug-likeness (QED) is 0.0723. The number of amides is 2. The monoisotopic (exact) mass is 958 g/mol. The molecule has 3 aliphatic rings. The molecule has 5 heterocycles. The van der Waals surface area contributed by atoms with Gasteiger partial charge in [-0.1, -0.05) is 24.3 Å². The van der Waals surface area contributed by atoms with Gasteiger partial charge in [0.15, 0.2) is 16.1 Å². The van der Waals surface area contributed by atoms with Gasteiger partial charge in [-0.3, -0.25) is 30.2 Å². The van der Waals surface area contributed by atoms with Gasteiger partial charge in [-0.25, -0.2) is 27.5 Å². The van der Waals surface area contributed by atoms with E-state index in [4.69, 9.17) is 24.1 Å². The Kier molecular flexibility index (Phi) is 14.5. The van der Waals surface area contributed by atoms with E-state index in [2.05, 4.69) is 30.6 Å². The van der Waals surface area contributed by atoms with Crippen LogP contribution in [-0.2, 0) is 22.3 Å². The number of rotatable bonds is 15. The van der Waals surface area contributed by atoms with Gasteiger partial charge >= 0.3 is 0 Å². The minimum absolute atomic E-state index is 0.149. The third-order valence-corrected chi connectivity index (χ3v) is 11.9. The van der Waals surface area contributed by atoms with Crippen molar-refractivity contribution >= 4 is 67.5 Å². The number of fused-ring (bicyclic) bond motifs is 2. The minimum atomic E-state index is -2.78. The predicted octanol–water partition coefficient (Wildman–Crippen LogP) is 9.28. The molecular weight excluding hydrogens is 917 g/mol. The molecule has 0 spiro atoms. The molecule has 1 saturated heterocycles. The molecule has 0 radical (unpaired) electrons. The molecular formula is C47H42F4N6O8S2. The zero-order chi connectivity index (χ0) is 47.2. The van der Waals surface area contributed by atoms with E-state index in [1.165, 1.54) is 46.9 Å². The number of benzene rings is 4. The number of aliphatic hydroxyl groups excluding tert-OH is 2. The topological polar surface area (TPSA) is 186 Å². The van der Waals surface area contributed by atoms with Crippen LogP contribution in [0.3, 0.4) is 0 Å². The number of nitrogens with one attached hydrogen (secondary N) is 2. The average molecular weight is 959 g/mol. The molecule has 0 saturated carbocycles. The van der Waals surface area contributed by atoms with Crippen LogP contribution in [0.2, 0.25) is 0 Å². The van der Waals surface area contributed by atoms with Crippen LogP contribution in [0.5, 0.6) is 11.5 Å². The van der Waals surface area contributed by atoms with E-state index in [0.29, 0.717) is 74.9 Å². The van der Waals surface area contributed by atoms with Crippen LogP contribution in [-0.4, -0.2) is 87.8 Å². The van der Waals surface area contributed by atoms with E-state index in [1.54, 1.807) is 59.6 Å². The Balaban J connectivity index is 0.000000182. The number of nitrogens with zero attached hydrogens (tertiary/aromatic N) is 4. The zero-order valence-corrected chi connectivity index (χ0v) is 37.4. The van der Waals surface area contributed by atoms with Crippen molar-refractivity contribution in [3.05, 3.63) is 140 Å². The van der Waals surface area contributed by atoms with Crippen LogP contribution in [0, 0.1) is 0 Å². The fraction of sp³-hybridized carbons (Fsp3) is 0.277. The van der Waals surface area contributed by atoms with Gasteiger partial charge in [0.2, 0.25) is 0 Å². The third kappa shape index (κ3) is 11.2. The number of thiazole rings is 2. The van der Waals surface area contributed by atoms with Crippen molar-refractivity contribution in [3.8, 4) is 11.5 Å². The van der Waals surface area contributed by atoms with E-state index in [-0.39, 0.29) is 53.6 Å². The largest absolute Gasteiger partial charge is 0.491 e. The molecule has 20 heteroatoms. The van der Waals surface area contributed by atoms with Crippen LogP contribution in [0.15, 0.2) is 106 Å². The summed E-state index contributed by atoms with van der Waals surface area (Å²) in [6.45, 7) is 3.47. The lowest BCUT2D eigenvalue weighted by Gasteiger charge is -2.18. The summed E-state index contributed by atoms with van der Waals surface area (Å²) in [7, 11) is 0. The molecule has 2 amide bonds. The summed E-state index contributed by atoms with van der Waals surface area (Å²) >= 11 is 2.59. The molecule has 14 nitrogen and oxygen atoms in total. The van der Waals surface area contributed by atoms with Crippen molar-refractivity contribution in [1.29, 1.82) is 0 Å². The van der Waals surface area contributed by atoms with Crippen LogP contribution in [0.25, 0.3) is 0 Å². The maximum absolute atomic E-state index is 14.0. The summed E-state index contributed by atoms with van der Waals surface area (Å²) in [5.41, 5.74) is 4.25. The Morgan fingerprint density at radius 2 is 1.28 bits per heavy atom. The molecule has 9 rings (SSSR count). The number of aromatic nitrogens is 2. The maximum Gasteiger partial charge on any atom is 0.264 e. The molecule has 2 aromatic heterocycles. The van der Waals surface area contributed by atoms with Crippen molar-refractivity contribution < 1.29 is 56.3 Å². The van der Waals surface area contributed by atoms with Crippen LogP contribution < -0.4 is 20.1 Å². The Morgan fingerprint density at radius 3 is 1.72 bits per heavy atom. The Morgan fingerprint density at radius 1 is 0.776 bits per heavy atom. The first-order chi connectivity index (χ1) is 32.2. The molecule has 1 fully saturated rings. The first kappa shape index (κ1) is 47.1. The Labute approximate surface area is 389 Å². The highest BCUT2D eigenvalue weighted by molar-refractivity contribution is 7.14. The number of alkyl halides is 4. The molecule has 4 N–H and O–H groups in total. The molecule has 2 atom stereocenters. The second-order valence-corrected chi connectivity index (χ2v) is 17.5. The maximum atomic E-state index is 14.0. The first-order valence-electron chi connectivity index (χ1n) is 20.8. The van der Waals surface area contributed by atoms with Crippen LogP contribution in [0.1, 0.15) is 80.8 Å². The van der Waals surface area contributed by atoms with Crippen LogP contribution in [0.4, 0.5) is 39.2 Å². The van der Waals surface area contributed by atoms with Gasteiger partial charge in [0.25, 0.3) is 24.7 Å². The number of aliphatic hydroxyl groups is 2. The standard InChI is InChI=1S/C25H23F2N3O4S.C22H19F2N3O4S/c1-25(2)33-13-16(34-25)12-32-15-6-7-17(19(11-15)22(26)27)20-10-14-4-3-5-18(21(14)29-20)23(31)30-24-28-8-9-35-24;23-20(24)17-9-14(31-11-13(29)10-28)4-5-15(17)18-8-12-2-1-3-16(19(12)26-18)21(30)27-22-25-6-7-32-22/h3-9,11,16,22H,10,12-13H2,1-2H3,(H,28,30,31);1-7,9,13,20,28-29H,8,10-11H2,(H,25,27,30)/t16-;13-/m01/s1. The smallest absolute Gasteiger partial charge is 0.264 e. The third-order valence-electron chi connectivity index (χ3n) is 10.5. The highest BCUT2D eigenvalue weighted by Gasteiger charge is 2.33. The number of hydrogen-bond donors (Lipinski definition) is 4. The number of carbonyl (C=O) groups excluding carboxylic acids is 2. The Hall–Kier alpha value is -6.42. The van der Waals surface area contributed by atoms with Gasteiger partial charge in [-0.15, -0.1) is 22.7 Å². The van der Waals surface area contributed by atoms with Crippen molar-refractivity contribution in [2.75, 3.05) is 37.1 Å². The molecule has 4 aromatic carbocycles. The number of para-hydroxylation sites is 2. The number of aliphatic imine (C=N–C) groups is 2. The predicted molar refractivity (Wildman–Crippen MR) is 245 cm³/mol. The minimum Gasteiger partial charge on any atom is -0.491 e. The van der Waals surface area contributed by atoms with Gasteiger partial charge in [-0.05, 0) is 73.5 Å². The first-order valence-corrected chi connectivity index (χ1v) is 22.5. The molecule has 0 unspecified atom stereocenters. The summed E-state index contributed by atoms with van der Waals surface area (Å²) < 4.78 is 77.9. The van der Waals surface area contributed by atoms with Crippen molar-refractivity contribution in [3.63, 3.8) is 0 Å². The van der Waals surface area contributed by atoms with E-state index >= 15 is 0 Å². The lowest BCUT2D eigenvalue weighted by molar-refractivity contribution is -0.141. The van der Waals surface area contributed by atoms with Crippen molar-refractivity contribution in [2.45, 2.75) is 57.5 Å². The number of halogens is 4. The molecule has 0 bridgehead atoms. The highest BCUT2D eigenvalue weighted by atomic mass is 32.1. The molecule has 0 aliphatic carbocycles. The fourth-order valence-corrected chi connectivity index (χ4v) is 8.49. The number of hydrogen-bond acceptors (Lipinski definition) is 14. The number of carbonyl (C=O) groups is 2. The second-order valence-electron chi connectivity index (χ2n) is 15.7. The molecule has 6 aromatic rings. The van der Waals surface area contributed by atoms with Crippen molar-refractivity contribution in [2.24, 2.45) is 9.98 Å². The summed E-state index contributed by atoms with van der Waals surface area (Å²) in [5, 5.41) is 28.2. The van der Waals surface area contributed by atoms with E-state index in [9.17, 15) is 32.3 Å². The molecule has 348 valence electrons. The average Bonchev–Trinajstić information content (AvgIpc) is 4.19. The van der Waals surface area contributed by atoms with Gasteiger partial charge < -0.3 is 29.2 Å². The lowest BCUT2D eigenvalue weighted by Crippen LogP contribution is -2.25. The number of ether oxygens (including phenoxy) is 4. The summed E-state index contributed by atoms with van der Waals surface area (Å²) in [4.78, 5) is 42.7. The van der Waals surface area contributed by atoms with Gasteiger partial charge in [0.1, 0.15) is 36.9 Å². The van der Waals surface area contributed by atoms with E-state index in [1.807, 2.05) is 26.0 Å². The Bertz CT molecular complexity index is 2810. The highest BCUT2D eigenvalue weighted by Crippen LogP contribution is 2.38. The lowest BCUT2D eigenvalue weighted by atomic mass is 9.98. The zero-order valence-electron chi connectivity index (χ0n) is 35.8. The van der Waals surface area contributed by atoms with Crippen LogP contribution >= 0.6 is 22.7 Å². The molecule has 67 heavy (non-hydrogen) atoms. The second kappa shape index (κ2) is 20.6. The SMILES string of the molecule is CC1(C)OC[C@H](COc2ccc(C3=Nc4c(cccc4C(=O)Nc4nccs4)C3)c(C(F)F)c2)O1.O=C(Nc1nccs1)c1cccc2c1N=C(c1ccc(OC[C@H](O)CO)cc1C(F)F)C2. The van der Waals surface area contributed by atoms with Gasteiger partial charge in [0.05, 0.1) is 47.1 Å². The fourth-order valence-electron chi connectivity index (χ4n) is 7.45. The van der Waals surface area contributed by atoms with E-state index in [0.717, 1.165) is 11.1 Å². The van der Waals surface area contributed by atoms with Crippen molar-refractivity contribution in [1.82, 2.24) is 9.97 Å². The van der Waals surface area contributed by atoms with E-state index < -0.39 is 31.3 Å². The van der Waals surface area contributed by atoms with Gasteiger partial charge in [0, 0.05) is 58.2 Å². The summed E-state index contributed by atoms with van der Waals surface area (Å²) in [5.74, 6) is -0.936. The normalized spacial score (nSPS) is 16.1. The van der Waals surface area contributed by atoms with Gasteiger partial charge in [-0.2, -0.15) is 0 Å².